The molecule has 0 aliphatic rings. The molecule has 1 aromatic rings. The second-order valence-corrected chi connectivity index (χ2v) is 17.4. The summed E-state index contributed by atoms with van der Waals surface area (Å²) in [5.74, 6) is 0. The Bertz CT molecular complexity index is 658. The third kappa shape index (κ3) is 4.97. The molecular weight excluding hydrogens is 622 g/mol. The minimum atomic E-state index is -5.03. The standard InChI is InChI=1S/C12H20Br4O6P2/c1-12(2,24(4,20,21)22)7-10(15)8(13)6(9(14)11(7)16)5-23(3,17,18)19/h17-22H,5H2,1-4H3. The summed E-state index contributed by atoms with van der Waals surface area (Å²) in [5.41, 5.74) is 0.731. The van der Waals surface area contributed by atoms with Crippen LogP contribution in [0.5, 0.6) is 0 Å². The van der Waals surface area contributed by atoms with Crippen LogP contribution in [0.3, 0.4) is 0 Å². The van der Waals surface area contributed by atoms with Gasteiger partial charge in [-0.05, 0) is 0 Å². The van der Waals surface area contributed by atoms with Crippen LogP contribution in [0, 0.1) is 0 Å². The van der Waals surface area contributed by atoms with E-state index in [1.165, 1.54) is 13.8 Å². The number of benzene rings is 1. The Hall–Kier alpha value is 1.76. The Morgan fingerprint density at radius 2 is 1.08 bits per heavy atom. The fourth-order valence-corrected chi connectivity index (χ4v) is 8.00. The molecular formula is C12H20Br4O6P2. The summed E-state index contributed by atoms with van der Waals surface area (Å²) in [6.45, 7) is 4.93. The predicted molar refractivity (Wildman–Crippen MR) is 113 cm³/mol. The molecule has 1 aromatic carbocycles. The molecule has 0 aromatic heterocycles. The summed E-state index contributed by atoms with van der Waals surface area (Å²) < 4.78 is 1.53. The van der Waals surface area contributed by atoms with E-state index in [0.29, 0.717) is 29.0 Å². The van der Waals surface area contributed by atoms with Crippen molar-refractivity contribution in [1.29, 1.82) is 0 Å². The van der Waals surface area contributed by atoms with Gasteiger partial charge < -0.3 is 0 Å². The van der Waals surface area contributed by atoms with Gasteiger partial charge in [-0.3, -0.25) is 0 Å². The van der Waals surface area contributed by atoms with E-state index >= 15 is 0 Å². The van der Waals surface area contributed by atoms with Crippen LogP contribution in [0.25, 0.3) is 0 Å². The molecule has 1 rings (SSSR count). The van der Waals surface area contributed by atoms with Gasteiger partial charge in [-0.1, -0.05) is 0 Å². The van der Waals surface area contributed by atoms with Crippen LogP contribution < -0.4 is 0 Å². The summed E-state index contributed by atoms with van der Waals surface area (Å²) in [6.07, 6.45) is -0.419. The molecule has 6 N–H and O–H groups in total. The normalized spacial score (nSPS) is 17.1. The van der Waals surface area contributed by atoms with Crippen molar-refractivity contribution in [2.45, 2.75) is 25.2 Å². The van der Waals surface area contributed by atoms with E-state index < -0.39 is 25.9 Å². The number of halogens is 4. The fraction of sp³-hybridized carbons (Fsp3) is 0.500. The van der Waals surface area contributed by atoms with Crippen LogP contribution in [0.15, 0.2) is 17.9 Å². The Balaban J connectivity index is 3.80. The SMILES string of the molecule is CC(C)(c1c(Br)c(Br)c(CP(C)(O)(O)O)c(Br)c1Br)P(C)(O)(O)O. The third-order valence-corrected chi connectivity index (χ3v) is 12.1. The van der Waals surface area contributed by atoms with Gasteiger partial charge in [0.05, 0.1) is 0 Å². The van der Waals surface area contributed by atoms with E-state index in [9.17, 15) is 29.4 Å². The van der Waals surface area contributed by atoms with Crippen molar-refractivity contribution >= 4 is 78.3 Å². The van der Waals surface area contributed by atoms with Gasteiger partial charge in [0.2, 0.25) is 0 Å². The number of rotatable bonds is 4. The van der Waals surface area contributed by atoms with Gasteiger partial charge in [0.25, 0.3) is 0 Å². The van der Waals surface area contributed by atoms with E-state index in [1.807, 2.05) is 0 Å². The monoisotopic (exact) mass is 638 g/mol. The van der Waals surface area contributed by atoms with Crippen LogP contribution in [0.4, 0.5) is 0 Å². The van der Waals surface area contributed by atoms with Gasteiger partial charge in [-0.2, -0.15) is 0 Å². The quantitative estimate of drug-likeness (QED) is 0.216. The van der Waals surface area contributed by atoms with Crippen LogP contribution in [0.2, 0.25) is 0 Å². The Morgan fingerprint density at radius 3 is 1.33 bits per heavy atom. The predicted octanol–water partition coefficient (Wildman–Crippen LogP) is 4.28. The Morgan fingerprint density at radius 1 is 0.750 bits per heavy atom. The first-order chi connectivity index (χ1) is 10.1. The van der Waals surface area contributed by atoms with Crippen molar-refractivity contribution in [3.63, 3.8) is 0 Å². The number of hydrogen-bond donors (Lipinski definition) is 6. The summed E-state index contributed by atoms with van der Waals surface area (Å²) in [5, 5.41) is -1.44. The molecule has 12 heteroatoms. The van der Waals surface area contributed by atoms with Gasteiger partial charge in [-0.25, -0.2) is 0 Å². The molecule has 0 radical (unpaired) electrons. The molecule has 6 nitrogen and oxygen atoms in total. The zero-order chi connectivity index (χ0) is 19.6. The van der Waals surface area contributed by atoms with E-state index in [4.69, 9.17) is 0 Å². The van der Waals surface area contributed by atoms with Crippen molar-refractivity contribution in [1.82, 2.24) is 0 Å². The maximum atomic E-state index is 10.2. The molecule has 0 heterocycles. The van der Waals surface area contributed by atoms with Crippen LogP contribution in [0.1, 0.15) is 25.0 Å². The Labute approximate surface area is 174 Å². The van der Waals surface area contributed by atoms with Crippen molar-refractivity contribution in [3.05, 3.63) is 29.0 Å². The van der Waals surface area contributed by atoms with Gasteiger partial charge in [0.15, 0.2) is 0 Å². The first-order valence-corrected chi connectivity index (χ1v) is 14.9. The van der Waals surface area contributed by atoms with E-state index in [1.54, 1.807) is 0 Å². The third-order valence-electron chi connectivity index (χ3n) is 3.80. The van der Waals surface area contributed by atoms with Gasteiger partial charge in [0.1, 0.15) is 0 Å². The second-order valence-electron chi connectivity index (χ2n) is 6.83. The average Bonchev–Trinajstić information content (AvgIpc) is 2.27. The topological polar surface area (TPSA) is 121 Å². The summed E-state index contributed by atoms with van der Waals surface area (Å²) in [7, 11) is -9.86. The van der Waals surface area contributed by atoms with Crippen molar-refractivity contribution in [2.24, 2.45) is 0 Å². The molecule has 0 atom stereocenters. The minimum absolute atomic E-state index is 0.364. The van der Waals surface area contributed by atoms with Gasteiger partial charge >= 0.3 is 175 Å². The molecule has 142 valence electrons. The first kappa shape index (κ1) is 23.8. The molecule has 24 heavy (non-hydrogen) atoms. The first-order valence-electron chi connectivity index (χ1n) is 6.49. The Kier molecular flexibility index (Phi) is 6.34. The van der Waals surface area contributed by atoms with Crippen LogP contribution >= 0.6 is 78.3 Å². The van der Waals surface area contributed by atoms with E-state index in [0.717, 1.165) is 13.3 Å². The summed E-state index contributed by atoms with van der Waals surface area (Å²) in [4.78, 5) is 60.2. The van der Waals surface area contributed by atoms with Crippen molar-refractivity contribution in [2.75, 3.05) is 13.3 Å². The van der Waals surface area contributed by atoms with Crippen LogP contribution in [-0.4, -0.2) is 42.7 Å². The van der Waals surface area contributed by atoms with Crippen molar-refractivity contribution < 1.29 is 29.4 Å². The zero-order valence-corrected chi connectivity index (χ0v) is 21.4. The molecule has 0 aliphatic heterocycles. The summed E-state index contributed by atoms with van der Waals surface area (Å²) in [6, 6.07) is 0. The van der Waals surface area contributed by atoms with Gasteiger partial charge in [0, 0.05) is 0 Å². The molecule has 0 aliphatic carbocycles. The zero-order valence-electron chi connectivity index (χ0n) is 13.3. The van der Waals surface area contributed by atoms with Gasteiger partial charge in [-0.15, -0.1) is 0 Å². The number of hydrogen-bond acceptors (Lipinski definition) is 6. The summed E-state index contributed by atoms with van der Waals surface area (Å²) >= 11 is 13.4. The van der Waals surface area contributed by atoms with E-state index in [-0.39, 0.29) is 0 Å². The maximum absolute atomic E-state index is 10.2. The fourth-order valence-electron chi connectivity index (χ4n) is 1.99. The molecule has 0 amide bonds. The molecule has 0 fully saturated rings. The molecule has 0 saturated heterocycles. The average molecular weight is 642 g/mol. The second kappa shape index (κ2) is 6.39. The van der Waals surface area contributed by atoms with Crippen LogP contribution in [-0.2, 0) is 11.3 Å². The molecule has 0 saturated carbocycles. The molecule has 0 unspecified atom stereocenters. The van der Waals surface area contributed by atoms with E-state index in [2.05, 4.69) is 63.7 Å². The molecule has 0 bridgehead atoms. The van der Waals surface area contributed by atoms with Crippen molar-refractivity contribution in [3.8, 4) is 0 Å². The molecule has 0 spiro atoms.